The van der Waals surface area contributed by atoms with Crippen molar-refractivity contribution < 1.29 is 4.79 Å². The monoisotopic (exact) mass is 261 g/mol. The molecule has 1 aliphatic rings. The second-order valence-corrected chi connectivity index (χ2v) is 5.42. The number of nitrogens with two attached hydrogens (primary N) is 1. The van der Waals surface area contributed by atoms with Crippen molar-refractivity contribution in [2.75, 3.05) is 30.7 Å². The summed E-state index contributed by atoms with van der Waals surface area (Å²) in [5, 5.41) is 2.96. The highest BCUT2D eigenvalue weighted by Gasteiger charge is 2.22. The van der Waals surface area contributed by atoms with Crippen LogP contribution in [0.5, 0.6) is 0 Å². The number of nitrogens with one attached hydrogen (secondary N) is 1. The van der Waals surface area contributed by atoms with Gasteiger partial charge in [0, 0.05) is 17.9 Å². The lowest BCUT2D eigenvalue weighted by Gasteiger charge is -2.16. The standard InChI is InChI=1S/C15H23N3O/c1-3-12-6-7-18(9-12)10-15(19)17-14-5-4-13(16)8-11(14)2/h4-5,8,12H,3,6-7,9-10,16H2,1-2H3,(H,17,19). The summed E-state index contributed by atoms with van der Waals surface area (Å²) in [5.41, 5.74) is 8.28. The van der Waals surface area contributed by atoms with Gasteiger partial charge in [-0.1, -0.05) is 13.3 Å². The zero-order valence-electron chi connectivity index (χ0n) is 11.8. The van der Waals surface area contributed by atoms with E-state index in [1.807, 2.05) is 25.1 Å². The lowest BCUT2D eigenvalue weighted by atomic mass is 10.1. The Morgan fingerprint density at radius 2 is 2.32 bits per heavy atom. The Kier molecular flexibility index (Phi) is 4.43. The Labute approximate surface area is 115 Å². The van der Waals surface area contributed by atoms with E-state index in [4.69, 9.17) is 5.73 Å². The molecule has 1 heterocycles. The van der Waals surface area contributed by atoms with E-state index in [1.165, 1.54) is 12.8 Å². The van der Waals surface area contributed by atoms with Gasteiger partial charge in [0.05, 0.1) is 6.54 Å². The van der Waals surface area contributed by atoms with Gasteiger partial charge in [-0.3, -0.25) is 9.69 Å². The second-order valence-electron chi connectivity index (χ2n) is 5.42. The van der Waals surface area contributed by atoms with Crippen molar-refractivity contribution in [3.63, 3.8) is 0 Å². The van der Waals surface area contributed by atoms with Crippen LogP contribution in [0.1, 0.15) is 25.3 Å². The van der Waals surface area contributed by atoms with Crippen LogP contribution in [0.2, 0.25) is 0 Å². The lowest BCUT2D eigenvalue weighted by molar-refractivity contribution is -0.117. The number of carbonyl (C=O) groups is 1. The normalized spacial score (nSPS) is 19.6. The van der Waals surface area contributed by atoms with Crippen LogP contribution in [0.25, 0.3) is 0 Å². The summed E-state index contributed by atoms with van der Waals surface area (Å²) in [4.78, 5) is 14.2. The Morgan fingerprint density at radius 3 is 2.95 bits per heavy atom. The Bertz CT molecular complexity index is 459. The zero-order valence-corrected chi connectivity index (χ0v) is 11.8. The number of hydrogen-bond donors (Lipinski definition) is 2. The summed E-state index contributed by atoms with van der Waals surface area (Å²) < 4.78 is 0. The minimum absolute atomic E-state index is 0.0598. The molecule has 1 aromatic carbocycles. The fourth-order valence-electron chi connectivity index (χ4n) is 2.61. The third kappa shape index (κ3) is 3.70. The fourth-order valence-corrected chi connectivity index (χ4v) is 2.61. The van der Waals surface area contributed by atoms with Crippen LogP contribution in [0.15, 0.2) is 18.2 Å². The number of hydrogen-bond acceptors (Lipinski definition) is 3. The van der Waals surface area contributed by atoms with Gasteiger partial charge in [-0.25, -0.2) is 0 Å². The molecule has 0 spiro atoms. The first kappa shape index (κ1) is 13.9. The van der Waals surface area contributed by atoms with Gasteiger partial charge in [0.15, 0.2) is 0 Å². The SMILES string of the molecule is CCC1CCN(CC(=O)Nc2ccc(N)cc2C)C1. The molecule has 0 aromatic heterocycles. The maximum absolute atomic E-state index is 12.0. The van der Waals surface area contributed by atoms with Crippen LogP contribution < -0.4 is 11.1 Å². The van der Waals surface area contributed by atoms with Gasteiger partial charge < -0.3 is 11.1 Å². The number of aryl methyl sites for hydroxylation is 1. The molecule has 1 atom stereocenters. The molecule has 0 radical (unpaired) electrons. The van der Waals surface area contributed by atoms with Crippen molar-refractivity contribution in [3.05, 3.63) is 23.8 Å². The van der Waals surface area contributed by atoms with Crippen molar-refractivity contribution in [1.82, 2.24) is 4.90 Å². The summed E-state index contributed by atoms with van der Waals surface area (Å²) in [5.74, 6) is 0.815. The number of amides is 1. The van der Waals surface area contributed by atoms with Crippen molar-refractivity contribution in [2.45, 2.75) is 26.7 Å². The highest BCUT2D eigenvalue weighted by atomic mass is 16.2. The molecule has 104 valence electrons. The number of anilines is 2. The van der Waals surface area contributed by atoms with Gasteiger partial charge in [-0.2, -0.15) is 0 Å². The van der Waals surface area contributed by atoms with E-state index in [-0.39, 0.29) is 5.91 Å². The molecular formula is C15H23N3O. The number of likely N-dealkylation sites (tertiary alicyclic amines) is 1. The average molecular weight is 261 g/mol. The molecule has 1 aliphatic heterocycles. The Morgan fingerprint density at radius 1 is 1.53 bits per heavy atom. The third-order valence-electron chi connectivity index (χ3n) is 3.84. The van der Waals surface area contributed by atoms with E-state index < -0.39 is 0 Å². The van der Waals surface area contributed by atoms with E-state index in [9.17, 15) is 4.79 Å². The largest absolute Gasteiger partial charge is 0.399 e. The first-order valence-electron chi connectivity index (χ1n) is 6.96. The first-order chi connectivity index (χ1) is 9.08. The van der Waals surface area contributed by atoms with Crippen LogP contribution in [0, 0.1) is 12.8 Å². The highest BCUT2D eigenvalue weighted by molar-refractivity contribution is 5.93. The predicted molar refractivity (Wildman–Crippen MR) is 79.1 cm³/mol. The van der Waals surface area contributed by atoms with Gasteiger partial charge in [0.25, 0.3) is 0 Å². The van der Waals surface area contributed by atoms with E-state index in [0.717, 1.165) is 35.9 Å². The topological polar surface area (TPSA) is 58.4 Å². The van der Waals surface area contributed by atoms with Crippen LogP contribution >= 0.6 is 0 Å². The number of benzene rings is 1. The fraction of sp³-hybridized carbons (Fsp3) is 0.533. The minimum Gasteiger partial charge on any atom is -0.399 e. The van der Waals surface area contributed by atoms with Crippen molar-refractivity contribution in [1.29, 1.82) is 0 Å². The van der Waals surface area contributed by atoms with Crippen molar-refractivity contribution >= 4 is 17.3 Å². The third-order valence-corrected chi connectivity index (χ3v) is 3.84. The van der Waals surface area contributed by atoms with Crippen molar-refractivity contribution in [2.24, 2.45) is 5.92 Å². The van der Waals surface area contributed by atoms with Crippen molar-refractivity contribution in [3.8, 4) is 0 Å². The number of carbonyl (C=O) groups excluding carboxylic acids is 1. The molecule has 0 saturated carbocycles. The Hall–Kier alpha value is -1.55. The summed E-state index contributed by atoms with van der Waals surface area (Å²) >= 11 is 0. The smallest absolute Gasteiger partial charge is 0.238 e. The van der Waals surface area contributed by atoms with Crippen LogP contribution in [-0.2, 0) is 4.79 Å². The minimum atomic E-state index is 0.0598. The molecule has 4 nitrogen and oxygen atoms in total. The average Bonchev–Trinajstić information content (AvgIpc) is 2.80. The van der Waals surface area contributed by atoms with Gasteiger partial charge in [0.2, 0.25) is 5.91 Å². The molecular weight excluding hydrogens is 238 g/mol. The first-order valence-corrected chi connectivity index (χ1v) is 6.96. The van der Waals surface area contributed by atoms with Gasteiger partial charge in [-0.15, -0.1) is 0 Å². The molecule has 1 unspecified atom stereocenters. The number of nitrogens with zero attached hydrogens (tertiary/aromatic N) is 1. The number of nitrogen functional groups attached to an aromatic ring is 1. The summed E-state index contributed by atoms with van der Waals surface area (Å²) in [6.07, 6.45) is 2.42. The van der Waals surface area contributed by atoms with E-state index in [1.54, 1.807) is 0 Å². The summed E-state index contributed by atoms with van der Waals surface area (Å²) in [6.45, 7) is 6.73. The predicted octanol–water partition coefficient (Wildman–Crippen LogP) is 2.25. The van der Waals surface area contributed by atoms with Crippen LogP contribution in [0.3, 0.4) is 0 Å². The molecule has 1 fully saturated rings. The molecule has 1 aromatic rings. The zero-order chi connectivity index (χ0) is 13.8. The van der Waals surface area contributed by atoms with Gasteiger partial charge in [-0.05, 0) is 49.6 Å². The highest BCUT2D eigenvalue weighted by Crippen LogP contribution is 2.20. The molecule has 0 aliphatic carbocycles. The second kappa shape index (κ2) is 6.06. The van der Waals surface area contributed by atoms with Gasteiger partial charge >= 0.3 is 0 Å². The number of rotatable bonds is 4. The Balaban J connectivity index is 1.87. The molecule has 2 rings (SSSR count). The molecule has 4 heteroatoms. The lowest BCUT2D eigenvalue weighted by Crippen LogP contribution is -2.31. The molecule has 1 saturated heterocycles. The molecule has 0 bridgehead atoms. The molecule has 3 N–H and O–H groups in total. The molecule has 19 heavy (non-hydrogen) atoms. The maximum atomic E-state index is 12.0. The summed E-state index contributed by atoms with van der Waals surface area (Å²) in [7, 11) is 0. The van der Waals surface area contributed by atoms with E-state index in [2.05, 4.69) is 17.1 Å². The molecule has 1 amide bonds. The van der Waals surface area contributed by atoms with Crippen LogP contribution in [-0.4, -0.2) is 30.4 Å². The maximum Gasteiger partial charge on any atom is 0.238 e. The van der Waals surface area contributed by atoms with Gasteiger partial charge in [0.1, 0.15) is 0 Å². The van der Waals surface area contributed by atoms with E-state index in [0.29, 0.717) is 6.54 Å². The quantitative estimate of drug-likeness (QED) is 0.817. The summed E-state index contributed by atoms with van der Waals surface area (Å²) in [6, 6.07) is 5.55. The van der Waals surface area contributed by atoms with Crippen LogP contribution in [0.4, 0.5) is 11.4 Å². The van der Waals surface area contributed by atoms with E-state index >= 15 is 0 Å².